The van der Waals surface area contributed by atoms with E-state index in [4.69, 9.17) is 4.74 Å². The lowest BCUT2D eigenvalue weighted by Gasteiger charge is -2.17. The molecule has 2 aromatic rings. The van der Waals surface area contributed by atoms with Crippen LogP contribution in [0.1, 0.15) is 21.5 Å². The van der Waals surface area contributed by atoms with E-state index in [2.05, 4.69) is 5.32 Å². The third-order valence-corrected chi connectivity index (χ3v) is 4.53. The first-order chi connectivity index (χ1) is 14.3. The van der Waals surface area contributed by atoms with Gasteiger partial charge in [0.25, 0.3) is 5.91 Å². The Morgan fingerprint density at radius 3 is 2.53 bits per heavy atom. The first-order valence-corrected chi connectivity index (χ1v) is 9.16. The summed E-state index contributed by atoms with van der Waals surface area (Å²) in [7, 11) is 1.55. The van der Waals surface area contributed by atoms with Crippen LogP contribution in [0.2, 0.25) is 0 Å². The maximum atomic E-state index is 13.0. The summed E-state index contributed by atoms with van der Waals surface area (Å²) in [5, 5.41) is 2.43. The van der Waals surface area contributed by atoms with Crippen molar-refractivity contribution >= 4 is 23.8 Å². The molecule has 1 saturated heterocycles. The molecule has 0 bridgehead atoms. The van der Waals surface area contributed by atoms with Crippen LogP contribution in [0.4, 0.5) is 9.18 Å². The van der Waals surface area contributed by atoms with Gasteiger partial charge in [-0.05, 0) is 35.4 Å². The topological polar surface area (TPSA) is 96.0 Å². The molecule has 0 atom stereocenters. The lowest BCUT2D eigenvalue weighted by molar-refractivity contribution is -0.133. The third-order valence-electron chi connectivity index (χ3n) is 4.53. The zero-order valence-electron chi connectivity index (χ0n) is 16.3. The highest BCUT2D eigenvalue weighted by atomic mass is 19.1. The minimum atomic E-state index is -0.697. The van der Waals surface area contributed by atoms with Crippen molar-refractivity contribution in [2.75, 3.05) is 20.2 Å². The molecule has 0 saturated carbocycles. The second-order valence-corrected chi connectivity index (χ2v) is 6.79. The van der Waals surface area contributed by atoms with E-state index in [1.165, 1.54) is 29.2 Å². The summed E-state index contributed by atoms with van der Waals surface area (Å²) < 4.78 is 18.0. The van der Waals surface area contributed by atoms with Crippen LogP contribution in [0.3, 0.4) is 0 Å². The predicted octanol–water partition coefficient (Wildman–Crippen LogP) is 1.69. The van der Waals surface area contributed by atoms with Gasteiger partial charge in [0.05, 0.1) is 18.7 Å². The number of hydrogen-bond donors (Lipinski definition) is 1. The Morgan fingerprint density at radius 2 is 1.87 bits per heavy atom. The van der Waals surface area contributed by atoms with Crippen molar-refractivity contribution in [2.45, 2.75) is 13.1 Å². The number of carbonyl (C=O) groups is 4. The summed E-state index contributed by atoms with van der Waals surface area (Å²) in [5.74, 6) is -1.82. The van der Waals surface area contributed by atoms with Gasteiger partial charge >= 0.3 is 12.0 Å². The van der Waals surface area contributed by atoms with Gasteiger partial charge in [-0.1, -0.05) is 24.3 Å². The van der Waals surface area contributed by atoms with Crippen molar-refractivity contribution in [1.82, 2.24) is 15.1 Å². The molecular formula is C21H20FN3O5. The van der Waals surface area contributed by atoms with Gasteiger partial charge in [0.2, 0.25) is 5.91 Å². The Balaban J connectivity index is 1.54. The number of nitrogens with one attached hydrogen (secondary N) is 1. The molecule has 2 aromatic carbocycles. The lowest BCUT2D eigenvalue weighted by Crippen LogP contribution is -2.31. The highest BCUT2D eigenvalue weighted by molar-refractivity contribution is 6.01. The Morgan fingerprint density at radius 1 is 1.13 bits per heavy atom. The summed E-state index contributed by atoms with van der Waals surface area (Å²) in [6.07, 6.45) is 0. The van der Waals surface area contributed by atoms with E-state index in [-0.39, 0.29) is 36.9 Å². The standard InChI is InChI=1S/C21H20FN3O5/c1-24(11-14-5-7-17(22)8-6-14)19(27)13-30-20(28)16-4-2-3-15(9-16)12-25-18(26)10-23-21(25)29/h2-9H,10-13H2,1H3,(H,23,29). The van der Waals surface area contributed by atoms with Gasteiger partial charge in [0.15, 0.2) is 6.61 Å². The highest BCUT2D eigenvalue weighted by Gasteiger charge is 2.28. The molecule has 0 unspecified atom stereocenters. The molecular weight excluding hydrogens is 393 g/mol. The fourth-order valence-electron chi connectivity index (χ4n) is 2.87. The third kappa shape index (κ3) is 5.19. The summed E-state index contributed by atoms with van der Waals surface area (Å²) in [5.41, 5.74) is 1.52. The van der Waals surface area contributed by atoms with Gasteiger partial charge in [-0.25, -0.2) is 14.0 Å². The lowest BCUT2D eigenvalue weighted by atomic mass is 10.1. The van der Waals surface area contributed by atoms with Crippen LogP contribution >= 0.6 is 0 Å². The van der Waals surface area contributed by atoms with Crippen molar-refractivity contribution in [1.29, 1.82) is 0 Å². The van der Waals surface area contributed by atoms with Crippen LogP contribution in [0.25, 0.3) is 0 Å². The monoisotopic (exact) mass is 413 g/mol. The van der Waals surface area contributed by atoms with Gasteiger partial charge in [-0.3, -0.25) is 14.5 Å². The molecule has 1 heterocycles. The average molecular weight is 413 g/mol. The summed E-state index contributed by atoms with van der Waals surface area (Å²) >= 11 is 0. The van der Waals surface area contributed by atoms with Crippen LogP contribution in [-0.4, -0.2) is 53.8 Å². The van der Waals surface area contributed by atoms with Gasteiger partial charge in [-0.15, -0.1) is 0 Å². The SMILES string of the molecule is CN(Cc1ccc(F)cc1)C(=O)COC(=O)c1cccc(CN2C(=O)CNC2=O)c1. The van der Waals surface area contributed by atoms with Crippen molar-refractivity contribution in [2.24, 2.45) is 0 Å². The van der Waals surface area contributed by atoms with Crippen molar-refractivity contribution in [3.05, 3.63) is 71.0 Å². The van der Waals surface area contributed by atoms with Gasteiger partial charge in [0, 0.05) is 13.6 Å². The van der Waals surface area contributed by atoms with E-state index < -0.39 is 24.5 Å². The molecule has 0 aromatic heterocycles. The number of imide groups is 1. The van der Waals surface area contributed by atoms with Crippen LogP contribution in [0.15, 0.2) is 48.5 Å². The molecule has 8 nitrogen and oxygen atoms in total. The summed E-state index contributed by atoms with van der Waals surface area (Å²) in [6, 6.07) is 11.6. The van der Waals surface area contributed by atoms with Crippen molar-refractivity contribution in [3.63, 3.8) is 0 Å². The van der Waals surface area contributed by atoms with E-state index in [9.17, 15) is 23.6 Å². The van der Waals surface area contributed by atoms with E-state index in [1.807, 2.05) is 0 Å². The van der Waals surface area contributed by atoms with Crippen LogP contribution in [-0.2, 0) is 27.4 Å². The number of ether oxygens (including phenoxy) is 1. The molecule has 9 heteroatoms. The number of halogens is 1. The Hall–Kier alpha value is -3.75. The molecule has 156 valence electrons. The highest BCUT2D eigenvalue weighted by Crippen LogP contribution is 2.12. The van der Waals surface area contributed by atoms with Gasteiger partial charge in [0.1, 0.15) is 5.82 Å². The zero-order valence-corrected chi connectivity index (χ0v) is 16.3. The van der Waals surface area contributed by atoms with E-state index in [1.54, 1.807) is 31.3 Å². The van der Waals surface area contributed by atoms with Gasteiger partial charge in [-0.2, -0.15) is 0 Å². The molecule has 1 fully saturated rings. The summed E-state index contributed by atoms with van der Waals surface area (Å²) in [4.78, 5) is 50.2. The normalized spacial score (nSPS) is 13.2. The number of urea groups is 1. The quantitative estimate of drug-likeness (QED) is 0.551. The minimum absolute atomic E-state index is 0.0329. The second-order valence-electron chi connectivity index (χ2n) is 6.79. The molecule has 3 rings (SSSR count). The molecule has 1 aliphatic rings. The summed E-state index contributed by atoms with van der Waals surface area (Å²) in [6.45, 7) is -0.217. The van der Waals surface area contributed by atoms with Crippen molar-refractivity contribution in [3.8, 4) is 0 Å². The maximum absolute atomic E-state index is 13.0. The van der Waals surface area contributed by atoms with Crippen LogP contribution in [0, 0.1) is 5.82 Å². The fourth-order valence-corrected chi connectivity index (χ4v) is 2.87. The number of carbonyl (C=O) groups excluding carboxylic acids is 4. The number of likely N-dealkylation sites (N-methyl/N-ethyl adjacent to an activating group) is 1. The number of hydrogen-bond acceptors (Lipinski definition) is 5. The molecule has 1 aliphatic heterocycles. The molecule has 30 heavy (non-hydrogen) atoms. The smallest absolute Gasteiger partial charge is 0.338 e. The molecule has 1 N–H and O–H groups in total. The van der Waals surface area contributed by atoms with Crippen LogP contribution in [0.5, 0.6) is 0 Å². The number of nitrogens with zero attached hydrogens (tertiary/aromatic N) is 2. The number of rotatable bonds is 7. The van der Waals surface area contributed by atoms with Gasteiger partial charge < -0.3 is 15.0 Å². The number of esters is 1. The largest absolute Gasteiger partial charge is 0.452 e. The Labute approximate surface area is 172 Å². The minimum Gasteiger partial charge on any atom is -0.452 e. The van der Waals surface area contributed by atoms with E-state index in [0.29, 0.717) is 5.56 Å². The van der Waals surface area contributed by atoms with Crippen LogP contribution < -0.4 is 5.32 Å². The van der Waals surface area contributed by atoms with E-state index in [0.717, 1.165) is 10.5 Å². The average Bonchev–Trinajstić information content (AvgIpc) is 3.05. The Bertz CT molecular complexity index is 961. The fraction of sp³-hybridized carbons (Fsp3) is 0.238. The van der Waals surface area contributed by atoms with Crippen molar-refractivity contribution < 1.29 is 28.3 Å². The molecule has 4 amide bonds. The second kappa shape index (κ2) is 9.17. The number of benzene rings is 2. The number of amides is 4. The first kappa shape index (κ1) is 21.0. The molecule has 0 spiro atoms. The van der Waals surface area contributed by atoms with E-state index >= 15 is 0 Å². The predicted molar refractivity (Wildman–Crippen MR) is 104 cm³/mol. The first-order valence-electron chi connectivity index (χ1n) is 9.16. The maximum Gasteiger partial charge on any atom is 0.338 e. The molecule has 0 radical (unpaired) electrons. The Kier molecular flexibility index (Phi) is 6.41. The molecule has 0 aliphatic carbocycles. The zero-order chi connectivity index (χ0) is 21.7.